The number of esters is 2. The van der Waals surface area contributed by atoms with Gasteiger partial charge in [-0.15, -0.1) is 0 Å². The zero-order valence-electron chi connectivity index (χ0n) is 15.0. The maximum absolute atomic E-state index is 12.8. The van der Waals surface area contributed by atoms with E-state index < -0.39 is 17.7 Å². The van der Waals surface area contributed by atoms with Crippen molar-refractivity contribution in [2.24, 2.45) is 0 Å². The quantitative estimate of drug-likeness (QED) is 0.600. The van der Waals surface area contributed by atoms with Crippen molar-refractivity contribution < 1.29 is 28.3 Å². The molecule has 1 heterocycles. The fourth-order valence-corrected chi connectivity index (χ4v) is 3.14. The molecule has 2 aliphatic carbocycles. The third-order valence-electron chi connectivity index (χ3n) is 4.38. The second kappa shape index (κ2) is 6.63. The van der Waals surface area contributed by atoms with Crippen LogP contribution < -0.4 is 0 Å². The highest BCUT2D eigenvalue weighted by atomic mass is 16.5. The lowest BCUT2D eigenvalue weighted by Crippen LogP contribution is -2.23. The number of hydrogen-bond donors (Lipinski definition) is 0. The first kappa shape index (κ1) is 17.7. The van der Waals surface area contributed by atoms with Crippen LogP contribution >= 0.6 is 0 Å². The van der Waals surface area contributed by atoms with Gasteiger partial charge in [0, 0.05) is 11.1 Å². The highest BCUT2D eigenvalue weighted by Gasteiger charge is 2.30. The van der Waals surface area contributed by atoms with E-state index in [9.17, 15) is 14.4 Å². The van der Waals surface area contributed by atoms with E-state index in [4.69, 9.17) is 13.9 Å². The Kier molecular flexibility index (Phi) is 4.50. The predicted molar refractivity (Wildman–Crippen MR) is 94.0 cm³/mol. The number of aryl methyl sites for hydroxylation is 2. The Morgan fingerprint density at radius 2 is 1.27 bits per heavy atom. The lowest BCUT2D eigenvalue weighted by molar-refractivity contribution is -0.138. The van der Waals surface area contributed by atoms with Gasteiger partial charge < -0.3 is 13.9 Å². The topological polar surface area (TPSA) is 82.8 Å². The molecule has 6 heteroatoms. The van der Waals surface area contributed by atoms with E-state index in [-0.39, 0.29) is 11.1 Å². The Morgan fingerprint density at radius 3 is 1.65 bits per heavy atom. The monoisotopic (exact) mass is 354 g/mol. The second-order valence-corrected chi connectivity index (χ2v) is 6.09. The number of rotatable bonds is 2. The largest absolute Gasteiger partial charge is 0.465 e. The van der Waals surface area contributed by atoms with Gasteiger partial charge in [0.1, 0.15) is 22.7 Å². The molecule has 3 rings (SSSR count). The van der Waals surface area contributed by atoms with Crippen LogP contribution in [-0.2, 0) is 23.9 Å². The molecule has 0 fully saturated rings. The number of fused-ring (bicyclic) bond motifs is 3. The van der Waals surface area contributed by atoms with Crippen LogP contribution in [0.1, 0.15) is 29.1 Å². The molecule has 0 atom stereocenters. The molecule has 0 radical (unpaired) electrons. The molecule has 0 N–H and O–H groups in total. The normalized spacial score (nSPS) is 16.1. The van der Waals surface area contributed by atoms with Gasteiger partial charge in [-0.1, -0.05) is 0 Å². The van der Waals surface area contributed by atoms with Crippen LogP contribution in [0.25, 0.3) is 12.2 Å². The van der Waals surface area contributed by atoms with E-state index in [0.29, 0.717) is 6.42 Å². The van der Waals surface area contributed by atoms with Gasteiger partial charge >= 0.3 is 11.9 Å². The van der Waals surface area contributed by atoms with Crippen molar-refractivity contribution in [2.75, 3.05) is 14.2 Å². The summed E-state index contributed by atoms with van der Waals surface area (Å²) in [6.07, 6.45) is 7.15. The van der Waals surface area contributed by atoms with Crippen molar-refractivity contribution >= 4 is 29.9 Å². The first-order valence-corrected chi connectivity index (χ1v) is 8.01. The molecule has 2 bridgehead atoms. The molecular formula is C20H18O6. The summed E-state index contributed by atoms with van der Waals surface area (Å²) < 4.78 is 15.1. The number of allylic oxidation sites excluding steroid dienone is 4. The van der Waals surface area contributed by atoms with Gasteiger partial charge in [-0.05, 0) is 55.7 Å². The maximum Gasteiger partial charge on any atom is 0.341 e. The summed E-state index contributed by atoms with van der Waals surface area (Å²) in [7, 11) is 2.37. The minimum Gasteiger partial charge on any atom is -0.465 e. The second-order valence-electron chi connectivity index (χ2n) is 6.09. The first-order chi connectivity index (χ1) is 12.3. The molecule has 6 nitrogen and oxygen atoms in total. The van der Waals surface area contributed by atoms with E-state index in [1.807, 2.05) is 26.0 Å². The summed E-state index contributed by atoms with van der Waals surface area (Å²) in [6, 6.07) is 0. The summed E-state index contributed by atoms with van der Waals surface area (Å²) in [6.45, 7) is 3.70. The number of carbonyl (C=O) groups is 3. The summed E-state index contributed by atoms with van der Waals surface area (Å²) in [4.78, 5) is 37.0. The molecular weight excluding hydrogens is 336 g/mol. The van der Waals surface area contributed by atoms with Gasteiger partial charge in [-0.3, -0.25) is 4.79 Å². The van der Waals surface area contributed by atoms with Crippen molar-refractivity contribution in [3.8, 4) is 0 Å². The van der Waals surface area contributed by atoms with Crippen molar-refractivity contribution in [3.63, 3.8) is 0 Å². The molecule has 0 aliphatic heterocycles. The lowest BCUT2D eigenvalue weighted by atomic mass is 9.92. The predicted octanol–water partition coefficient (Wildman–Crippen LogP) is 2.85. The first-order valence-electron chi connectivity index (χ1n) is 8.01. The SMILES string of the molecule is COC(=O)C1=CC2=Cc3c(C)oc(C)c3C=C(C=C(C(=O)OC)C1=O)C2. The smallest absolute Gasteiger partial charge is 0.341 e. The Morgan fingerprint density at radius 1 is 0.846 bits per heavy atom. The van der Waals surface area contributed by atoms with E-state index in [0.717, 1.165) is 33.8 Å². The standard InChI is InChI=1S/C20H18O6/c1-10-14-6-12-5-13(7-15(14)11(2)26-10)9-17(20(23)25-4)18(21)16(8-12)19(22)24-3/h6-9H,5H2,1-4H3. The average Bonchev–Trinajstić information content (AvgIpc) is 2.78. The number of Topliss-reactive ketones (excluding diaryl/α,β-unsaturated/α-hetero) is 1. The molecule has 26 heavy (non-hydrogen) atoms. The molecule has 0 saturated carbocycles. The van der Waals surface area contributed by atoms with Crippen LogP contribution in [0.15, 0.2) is 38.9 Å². The third-order valence-corrected chi connectivity index (χ3v) is 4.38. The Hall–Kier alpha value is -3.15. The molecule has 0 aromatic carbocycles. The number of ether oxygens (including phenoxy) is 2. The minimum absolute atomic E-state index is 0.212. The lowest BCUT2D eigenvalue weighted by Gasteiger charge is -2.13. The fraction of sp³-hybridized carbons (Fsp3) is 0.250. The third kappa shape index (κ3) is 2.94. The summed E-state index contributed by atoms with van der Waals surface area (Å²) >= 11 is 0. The van der Waals surface area contributed by atoms with Crippen molar-refractivity contribution in [2.45, 2.75) is 20.3 Å². The Labute approximate surface area is 150 Å². The van der Waals surface area contributed by atoms with Crippen LogP contribution in [0.3, 0.4) is 0 Å². The maximum atomic E-state index is 12.8. The number of hydrogen-bond acceptors (Lipinski definition) is 6. The Balaban J connectivity index is 2.30. The van der Waals surface area contributed by atoms with Gasteiger partial charge in [-0.25, -0.2) is 9.59 Å². The zero-order valence-corrected chi connectivity index (χ0v) is 15.0. The number of methoxy groups -OCH3 is 2. The molecule has 1 aromatic rings. The van der Waals surface area contributed by atoms with Gasteiger partial charge in [0.05, 0.1) is 14.2 Å². The highest BCUT2D eigenvalue weighted by Crippen LogP contribution is 2.35. The molecule has 0 unspecified atom stereocenters. The highest BCUT2D eigenvalue weighted by molar-refractivity contribution is 6.33. The van der Waals surface area contributed by atoms with Crippen molar-refractivity contribution in [3.05, 3.63) is 57.1 Å². The van der Waals surface area contributed by atoms with Gasteiger partial charge in [-0.2, -0.15) is 0 Å². The van der Waals surface area contributed by atoms with Crippen LogP contribution in [0, 0.1) is 13.8 Å². The van der Waals surface area contributed by atoms with Crippen LogP contribution in [-0.4, -0.2) is 31.9 Å². The molecule has 0 amide bonds. The molecule has 0 saturated heterocycles. The summed E-state index contributed by atoms with van der Waals surface area (Å²) in [5, 5.41) is 0. The van der Waals surface area contributed by atoms with E-state index in [2.05, 4.69) is 0 Å². The fourth-order valence-electron chi connectivity index (χ4n) is 3.14. The number of ketones is 1. The van der Waals surface area contributed by atoms with E-state index in [1.54, 1.807) is 0 Å². The number of carbonyl (C=O) groups excluding carboxylic acids is 3. The average molecular weight is 354 g/mol. The zero-order chi connectivity index (χ0) is 19.0. The molecule has 134 valence electrons. The van der Waals surface area contributed by atoms with E-state index >= 15 is 0 Å². The van der Waals surface area contributed by atoms with Crippen LogP contribution in [0.5, 0.6) is 0 Å². The van der Waals surface area contributed by atoms with E-state index in [1.165, 1.54) is 26.4 Å². The summed E-state index contributed by atoms with van der Waals surface area (Å²) in [5.41, 5.74) is 2.83. The Bertz CT molecular complexity index is 877. The molecule has 2 aliphatic rings. The number of furan rings is 1. The molecule has 0 spiro atoms. The van der Waals surface area contributed by atoms with Crippen LogP contribution in [0.2, 0.25) is 0 Å². The van der Waals surface area contributed by atoms with Crippen molar-refractivity contribution in [1.29, 1.82) is 0 Å². The minimum atomic E-state index is -0.803. The van der Waals surface area contributed by atoms with Gasteiger partial charge in [0.15, 0.2) is 0 Å². The van der Waals surface area contributed by atoms with Gasteiger partial charge in [0.25, 0.3) is 0 Å². The van der Waals surface area contributed by atoms with Crippen LogP contribution in [0.4, 0.5) is 0 Å². The summed E-state index contributed by atoms with van der Waals surface area (Å²) in [5.74, 6) is -0.850. The van der Waals surface area contributed by atoms with Gasteiger partial charge in [0.2, 0.25) is 5.78 Å². The molecule has 1 aromatic heterocycles. The van der Waals surface area contributed by atoms with Crippen molar-refractivity contribution in [1.82, 2.24) is 0 Å².